The zero-order chi connectivity index (χ0) is 11.5. The minimum atomic E-state index is -0.286. The van der Waals surface area contributed by atoms with E-state index in [2.05, 4.69) is 6.92 Å². The largest absolute Gasteiger partial charge is 0.392 e. The van der Waals surface area contributed by atoms with Crippen molar-refractivity contribution in [1.82, 2.24) is 0 Å². The lowest BCUT2D eigenvalue weighted by molar-refractivity contribution is 0.129. The van der Waals surface area contributed by atoms with Crippen molar-refractivity contribution in [3.8, 4) is 0 Å². The molecule has 2 unspecified atom stereocenters. The van der Waals surface area contributed by atoms with Gasteiger partial charge in [0.2, 0.25) is 0 Å². The molecule has 92 valence electrons. The highest BCUT2D eigenvalue weighted by molar-refractivity contribution is 4.69. The van der Waals surface area contributed by atoms with E-state index < -0.39 is 0 Å². The van der Waals surface area contributed by atoms with E-state index in [1.807, 2.05) is 6.92 Å². The first-order valence-electron chi connectivity index (χ1n) is 6.66. The van der Waals surface area contributed by atoms with Gasteiger partial charge in [0.15, 0.2) is 0 Å². The van der Waals surface area contributed by atoms with E-state index in [1.54, 1.807) is 0 Å². The average molecular weight is 215 g/mol. The van der Waals surface area contributed by atoms with Crippen molar-refractivity contribution in [2.75, 3.05) is 0 Å². The van der Waals surface area contributed by atoms with Crippen LogP contribution in [0.5, 0.6) is 0 Å². The van der Waals surface area contributed by atoms with Gasteiger partial charge in [-0.15, -0.1) is 0 Å². The first-order chi connectivity index (χ1) is 7.22. The van der Waals surface area contributed by atoms with Crippen LogP contribution in [0, 0.1) is 0 Å². The van der Waals surface area contributed by atoms with Gasteiger partial charge in [-0.1, -0.05) is 58.8 Å². The van der Waals surface area contributed by atoms with Gasteiger partial charge in [-0.05, 0) is 12.8 Å². The molecule has 2 heteroatoms. The average Bonchev–Trinajstić information content (AvgIpc) is 2.26. The maximum atomic E-state index is 9.63. The fraction of sp³-hybridized carbons (Fsp3) is 1.00. The minimum Gasteiger partial charge on any atom is -0.392 e. The molecule has 0 radical (unpaired) electrons. The van der Waals surface area contributed by atoms with Crippen molar-refractivity contribution >= 4 is 0 Å². The van der Waals surface area contributed by atoms with E-state index in [0.29, 0.717) is 0 Å². The van der Waals surface area contributed by atoms with Crippen molar-refractivity contribution in [3.05, 3.63) is 0 Å². The summed E-state index contributed by atoms with van der Waals surface area (Å²) in [6.45, 7) is 4.27. The van der Waals surface area contributed by atoms with Crippen LogP contribution in [-0.4, -0.2) is 17.3 Å². The second-order valence-electron chi connectivity index (χ2n) is 4.55. The number of aliphatic hydroxyl groups is 1. The Hall–Kier alpha value is -0.0800. The summed E-state index contributed by atoms with van der Waals surface area (Å²) in [4.78, 5) is 0. The van der Waals surface area contributed by atoms with E-state index in [4.69, 9.17) is 5.73 Å². The number of hydrogen-bond acceptors (Lipinski definition) is 2. The van der Waals surface area contributed by atoms with Gasteiger partial charge in [0.1, 0.15) is 0 Å². The molecule has 2 atom stereocenters. The maximum Gasteiger partial charge on any atom is 0.0691 e. The Balaban J connectivity index is 3.16. The molecule has 0 amide bonds. The smallest absolute Gasteiger partial charge is 0.0691 e. The van der Waals surface area contributed by atoms with Gasteiger partial charge in [-0.25, -0.2) is 0 Å². The van der Waals surface area contributed by atoms with Crippen LogP contribution in [0.25, 0.3) is 0 Å². The molecule has 0 rings (SSSR count). The molecule has 0 bridgehead atoms. The summed E-state index contributed by atoms with van der Waals surface area (Å²) in [6.07, 6.45) is 10.5. The Kier molecular flexibility index (Phi) is 10.4. The molecule has 0 aromatic rings. The fourth-order valence-electron chi connectivity index (χ4n) is 1.80. The number of aliphatic hydroxyl groups excluding tert-OH is 1. The molecule has 2 nitrogen and oxygen atoms in total. The van der Waals surface area contributed by atoms with Crippen LogP contribution >= 0.6 is 0 Å². The van der Waals surface area contributed by atoms with Gasteiger partial charge in [0, 0.05) is 6.04 Å². The van der Waals surface area contributed by atoms with Crippen molar-refractivity contribution in [1.29, 1.82) is 0 Å². The topological polar surface area (TPSA) is 46.2 Å². The van der Waals surface area contributed by atoms with Gasteiger partial charge >= 0.3 is 0 Å². The number of nitrogens with two attached hydrogens (primary N) is 1. The Bertz CT molecular complexity index is 128. The molecule has 0 spiro atoms. The Labute approximate surface area is 95.3 Å². The summed E-state index contributed by atoms with van der Waals surface area (Å²) in [7, 11) is 0. The third-order valence-electron chi connectivity index (χ3n) is 3.07. The summed E-state index contributed by atoms with van der Waals surface area (Å²) in [6, 6.07) is -0.0231. The Morgan fingerprint density at radius 1 is 0.933 bits per heavy atom. The first-order valence-corrected chi connectivity index (χ1v) is 6.66. The fourth-order valence-corrected chi connectivity index (χ4v) is 1.80. The van der Waals surface area contributed by atoms with Crippen LogP contribution in [0.2, 0.25) is 0 Å². The lowest BCUT2D eigenvalue weighted by Gasteiger charge is -2.16. The molecule has 3 N–H and O–H groups in total. The van der Waals surface area contributed by atoms with Crippen molar-refractivity contribution < 1.29 is 5.11 Å². The van der Waals surface area contributed by atoms with Crippen LogP contribution in [-0.2, 0) is 0 Å². The van der Waals surface area contributed by atoms with Crippen LogP contribution in [0.1, 0.15) is 71.6 Å². The highest BCUT2D eigenvalue weighted by atomic mass is 16.3. The molecule has 0 aromatic heterocycles. The molecule has 0 fully saturated rings. The predicted octanol–water partition coefficient (Wildman–Crippen LogP) is 3.23. The van der Waals surface area contributed by atoms with Gasteiger partial charge in [0.25, 0.3) is 0 Å². The van der Waals surface area contributed by atoms with Crippen molar-refractivity contribution in [2.24, 2.45) is 5.73 Å². The molecule has 0 aliphatic carbocycles. The third-order valence-corrected chi connectivity index (χ3v) is 3.07. The number of rotatable bonds is 10. The van der Waals surface area contributed by atoms with Crippen LogP contribution in [0.4, 0.5) is 0 Å². The summed E-state index contributed by atoms with van der Waals surface area (Å²) in [5.41, 5.74) is 5.75. The third kappa shape index (κ3) is 8.88. The quantitative estimate of drug-likeness (QED) is 0.550. The van der Waals surface area contributed by atoms with Crippen LogP contribution < -0.4 is 5.73 Å². The van der Waals surface area contributed by atoms with Gasteiger partial charge < -0.3 is 10.8 Å². The normalized spacial score (nSPS) is 15.2. The van der Waals surface area contributed by atoms with E-state index in [1.165, 1.54) is 38.5 Å². The zero-order valence-corrected chi connectivity index (χ0v) is 10.5. The van der Waals surface area contributed by atoms with Gasteiger partial charge in [-0.2, -0.15) is 0 Å². The molecule has 0 heterocycles. The van der Waals surface area contributed by atoms with Crippen molar-refractivity contribution in [2.45, 2.75) is 83.8 Å². The summed E-state index contributed by atoms with van der Waals surface area (Å²) < 4.78 is 0. The molecular weight excluding hydrogens is 186 g/mol. The first kappa shape index (κ1) is 14.9. The SMILES string of the molecule is CCCCCCCCCC(O)C(N)CC. The monoisotopic (exact) mass is 215 g/mol. The summed E-state index contributed by atoms with van der Waals surface area (Å²) in [5, 5.41) is 9.63. The molecule has 0 aliphatic rings. The van der Waals surface area contributed by atoms with Crippen molar-refractivity contribution in [3.63, 3.8) is 0 Å². The van der Waals surface area contributed by atoms with Crippen LogP contribution in [0.3, 0.4) is 0 Å². The predicted molar refractivity (Wildman–Crippen MR) is 66.9 cm³/mol. The molecular formula is C13H29NO. The molecule has 0 saturated carbocycles. The lowest BCUT2D eigenvalue weighted by atomic mass is 10.0. The van der Waals surface area contributed by atoms with E-state index >= 15 is 0 Å². The number of hydrogen-bond donors (Lipinski definition) is 2. The summed E-state index contributed by atoms with van der Waals surface area (Å²) in [5.74, 6) is 0. The second kappa shape index (κ2) is 10.4. The minimum absolute atomic E-state index is 0.0231. The highest BCUT2D eigenvalue weighted by Crippen LogP contribution is 2.11. The zero-order valence-electron chi connectivity index (χ0n) is 10.5. The van der Waals surface area contributed by atoms with Crippen LogP contribution in [0.15, 0.2) is 0 Å². The van der Waals surface area contributed by atoms with E-state index in [9.17, 15) is 5.11 Å². The van der Waals surface area contributed by atoms with E-state index in [-0.39, 0.29) is 12.1 Å². The second-order valence-corrected chi connectivity index (χ2v) is 4.55. The molecule has 15 heavy (non-hydrogen) atoms. The Morgan fingerprint density at radius 2 is 1.47 bits per heavy atom. The molecule has 0 aliphatic heterocycles. The standard InChI is InChI=1S/C13H29NO/c1-3-5-6-7-8-9-10-11-13(15)12(14)4-2/h12-13,15H,3-11,14H2,1-2H3. The maximum absolute atomic E-state index is 9.63. The summed E-state index contributed by atoms with van der Waals surface area (Å²) >= 11 is 0. The Morgan fingerprint density at radius 3 is 2.00 bits per heavy atom. The van der Waals surface area contributed by atoms with E-state index in [0.717, 1.165) is 19.3 Å². The lowest BCUT2D eigenvalue weighted by Crippen LogP contribution is -2.33. The highest BCUT2D eigenvalue weighted by Gasteiger charge is 2.11. The molecule has 0 aromatic carbocycles. The van der Waals surface area contributed by atoms with Gasteiger partial charge in [0.05, 0.1) is 6.10 Å². The number of unbranched alkanes of at least 4 members (excludes halogenated alkanes) is 6. The molecule has 0 saturated heterocycles. The van der Waals surface area contributed by atoms with Gasteiger partial charge in [-0.3, -0.25) is 0 Å².